The number of nitrogens with zero attached hydrogens (tertiary/aromatic N) is 1. The van der Waals surface area contributed by atoms with Crippen molar-refractivity contribution < 1.29 is 56.3 Å². The first-order chi connectivity index (χ1) is 14.9. The number of aryl methyl sites for hydroxylation is 1. The van der Waals surface area contributed by atoms with E-state index in [1.54, 1.807) is 0 Å². The Morgan fingerprint density at radius 1 is 1.24 bits per heavy atom. The van der Waals surface area contributed by atoms with Gasteiger partial charge < -0.3 is 35.2 Å². The number of aliphatic hydroxyl groups is 1. The van der Waals surface area contributed by atoms with Crippen molar-refractivity contribution in [2.24, 2.45) is 5.73 Å². The van der Waals surface area contributed by atoms with Crippen LogP contribution in [0.15, 0.2) is 15.7 Å². The van der Waals surface area contributed by atoms with E-state index < -0.39 is 64.6 Å². The zero-order chi connectivity index (χ0) is 25.4. The van der Waals surface area contributed by atoms with Crippen LogP contribution in [0.3, 0.4) is 0 Å². The second-order valence-corrected chi connectivity index (χ2v) is 11.4. The lowest BCUT2D eigenvalue weighted by molar-refractivity contribution is -0.0462. The lowest BCUT2D eigenvalue weighted by Gasteiger charge is -2.26. The minimum Gasteiger partial charge on any atom is -0.387 e. The average molecular weight is 556 g/mol. The van der Waals surface area contributed by atoms with Gasteiger partial charge in [0.15, 0.2) is 11.1 Å². The minimum absolute atomic E-state index is 0.0262. The minimum atomic E-state index is -5.77. The highest BCUT2D eigenvalue weighted by Crippen LogP contribution is 2.66. The van der Waals surface area contributed by atoms with Crippen molar-refractivity contribution in [3.8, 4) is 12.0 Å². The number of nitrogens with one attached hydrogen (secondary N) is 1. The summed E-state index contributed by atoms with van der Waals surface area (Å²) in [5.41, 5.74) is 3.45. The number of aromatic nitrogens is 2. The van der Waals surface area contributed by atoms with Crippen molar-refractivity contribution >= 4 is 35.1 Å². The highest BCUT2D eigenvalue weighted by atomic mass is 35.5. The molecule has 0 bridgehead atoms. The average Bonchev–Trinajstić information content (AvgIpc) is 2.81. The summed E-state index contributed by atoms with van der Waals surface area (Å²) in [5.74, 6) is 2.24. The summed E-state index contributed by atoms with van der Waals surface area (Å²) >= 11 is 6.34. The Morgan fingerprint density at radius 3 is 2.36 bits per heavy atom. The van der Waals surface area contributed by atoms with Crippen LogP contribution in [0.2, 0.25) is 0 Å². The number of aromatic amines is 1. The summed E-state index contributed by atoms with van der Waals surface area (Å²) in [5, 5.41) is 10.6. The summed E-state index contributed by atoms with van der Waals surface area (Å²) in [4.78, 5) is 59.3. The smallest absolute Gasteiger partial charge is 0.387 e. The van der Waals surface area contributed by atoms with Crippen molar-refractivity contribution in [3.63, 3.8) is 0 Å². The van der Waals surface area contributed by atoms with Crippen LogP contribution in [0.1, 0.15) is 11.9 Å². The molecule has 0 saturated carbocycles. The predicted octanol–water partition coefficient (Wildman–Crippen LogP) is -1.66. The van der Waals surface area contributed by atoms with Crippen LogP contribution >= 0.6 is 35.1 Å². The van der Waals surface area contributed by atoms with Crippen LogP contribution in [0, 0.1) is 18.9 Å². The third kappa shape index (κ3) is 6.84. The van der Waals surface area contributed by atoms with Gasteiger partial charge in [-0.15, -0.1) is 0 Å². The van der Waals surface area contributed by atoms with Gasteiger partial charge in [-0.3, -0.25) is 18.9 Å². The molecule has 186 valence electrons. The summed E-state index contributed by atoms with van der Waals surface area (Å²) in [7, 11) is -16.9. The monoisotopic (exact) mass is 555 g/mol. The Morgan fingerprint density at radius 2 is 1.85 bits per heavy atom. The number of halogens is 1. The molecule has 1 aliphatic heterocycles. The van der Waals surface area contributed by atoms with Crippen LogP contribution in [-0.2, 0) is 31.6 Å². The number of H-pyrrole nitrogens is 1. The second kappa shape index (κ2) is 9.73. The Labute approximate surface area is 188 Å². The van der Waals surface area contributed by atoms with E-state index in [-0.39, 0.29) is 5.69 Å². The molecule has 33 heavy (non-hydrogen) atoms. The number of nitrogens with two attached hydrogens (primary N) is 1. The maximum absolute atomic E-state index is 12.3. The van der Waals surface area contributed by atoms with Gasteiger partial charge in [-0.05, 0) is 12.8 Å². The molecule has 1 aromatic heterocycles. The van der Waals surface area contributed by atoms with E-state index in [9.17, 15) is 33.3 Å². The van der Waals surface area contributed by atoms with Crippen LogP contribution in [0.4, 0.5) is 0 Å². The van der Waals surface area contributed by atoms with E-state index in [1.807, 2.05) is 11.0 Å². The fourth-order valence-electron chi connectivity index (χ4n) is 2.76. The van der Waals surface area contributed by atoms with E-state index in [4.69, 9.17) is 36.8 Å². The van der Waals surface area contributed by atoms with Gasteiger partial charge in [-0.25, -0.2) is 18.5 Å². The van der Waals surface area contributed by atoms with Gasteiger partial charge in [0.25, 0.3) is 5.56 Å². The van der Waals surface area contributed by atoms with E-state index in [0.29, 0.717) is 0 Å². The van der Waals surface area contributed by atoms with Crippen LogP contribution in [0.25, 0.3) is 0 Å². The molecular weight excluding hydrogens is 539 g/mol. The molecule has 0 radical (unpaired) electrons. The van der Waals surface area contributed by atoms with E-state index in [0.717, 1.165) is 10.6 Å². The van der Waals surface area contributed by atoms with Gasteiger partial charge in [0.2, 0.25) is 0 Å². The van der Waals surface area contributed by atoms with Crippen molar-refractivity contribution in [2.75, 3.05) is 6.61 Å². The van der Waals surface area contributed by atoms with Gasteiger partial charge in [0.05, 0.1) is 6.61 Å². The zero-order valence-electron chi connectivity index (χ0n) is 16.2. The molecule has 2 heterocycles. The van der Waals surface area contributed by atoms with E-state index in [1.165, 1.54) is 6.92 Å². The Balaban J connectivity index is 2.29. The molecule has 1 saturated heterocycles. The molecule has 1 aromatic rings. The first kappa shape index (κ1) is 27.9. The lowest BCUT2D eigenvalue weighted by atomic mass is 9.99. The molecule has 17 nitrogen and oxygen atoms in total. The van der Waals surface area contributed by atoms with E-state index in [2.05, 4.69) is 19.1 Å². The summed E-state index contributed by atoms with van der Waals surface area (Å²) < 4.78 is 51.7. The second-order valence-electron chi connectivity index (χ2n) is 6.35. The Kier molecular flexibility index (Phi) is 8.22. The quantitative estimate of drug-likeness (QED) is 0.0818. The highest BCUT2D eigenvalue weighted by Gasteiger charge is 2.57. The molecular formula is C12H17ClN3O14P3. The standard InChI is InChI=1S/C12H17ClN3O14P3/c1-6-4-8(17)15-11(19)16(6)10-12(13,2-3-14)9(18)7(28-10)5-27-32(23,24)30-33(25,26)29-31(20,21)22/h4,7,9-10,18H,5,14H2,1H3,(H,23,24)(H,25,26)(H,15,17,19)(H2,20,21,22)/t7-,9+,10-,12?/m1/s1. The van der Waals surface area contributed by atoms with Crippen molar-refractivity contribution in [3.05, 3.63) is 32.6 Å². The third-order valence-corrected chi connectivity index (χ3v) is 8.24. The SMILES string of the molecule is Cc1cc(=O)[nH]c(=O)n1[C@@H]1O[C@H](COP(=O)(O)OP(=O)(O)OP(=O)(O)O)[C@H](O)C1(Cl)C#CN. The first-order valence-electron chi connectivity index (χ1n) is 8.27. The first-order valence-corrected chi connectivity index (χ1v) is 13.2. The van der Waals surface area contributed by atoms with Gasteiger partial charge >= 0.3 is 29.2 Å². The fourth-order valence-corrected chi connectivity index (χ4v) is 6.14. The third-order valence-electron chi connectivity index (χ3n) is 3.93. The number of rotatable bonds is 8. The molecule has 6 atom stereocenters. The van der Waals surface area contributed by atoms with Crippen LogP contribution < -0.4 is 17.0 Å². The molecule has 8 N–H and O–H groups in total. The van der Waals surface area contributed by atoms with Crippen molar-refractivity contribution in [1.29, 1.82) is 0 Å². The number of phosphoric acid groups is 3. The van der Waals surface area contributed by atoms with Gasteiger partial charge in [-0.1, -0.05) is 11.6 Å². The number of hydrogen-bond donors (Lipinski definition) is 7. The topological polar surface area (TPSA) is 270 Å². The maximum atomic E-state index is 12.3. The Hall–Kier alpha value is -1.34. The largest absolute Gasteiger partial charge is 0.490 e. The lowest BCUT2D eigenvalue weighted by Crippen LogP contribution is -2.45. The molecule has 1 fully saturated rings. The highest BCUT2D eigenvalue weighted by molar-refractivity contribution is 7.66. The van der Waals surface area contributed by atoms with Crippen molar-refractivity contribution in [2.45, 2.75) is 30.2 Å². The molecule has 21 heteroatoms. The fraction of sp³-hybridized carbons (Fsp3) is 0.500. The number of phosphoric ester groups is 1. The summed E-state index contributed by atoms with van der Waals surface area (Å²) in [6.45, 7) is 0.248. The number of hydrogen-bond acceptors (Lipinski definition) is 11. The predicted molar refractivity (Wildman–Crippen MR) is 106 cm³/mol. The van der Waals surface area contributed by atoms with Gasteiger partial charge in [-0.2, -0.15) is 8.62 Å². The van der Waals surface area contributed by atoms with Crippen LogP contribution in [-0.4, -0.2) is 57.9 Å². The van der Waals surface area contributed by atoms with E-state index >= 15 is 0 Å². The number of alkyl halides is 1. The molecule has 0 aromatic carbocycles. The number of ether oxygens (including phenoxy) is 1. The van der Waals surface area contributed by atoms with Gasteiger partial charge in [0.1, 0.15) is 12.2 Å². The normalized spacial score (nSPS) is 29.0. The summed E-state index contributed by atoms with van der Waals surface area (Å²) in [6.07, 6.45) is -5.13. The Bertz CT molecular complexity index is 1230. The molecule has 3 unspecified atom stereocenters. The van der Waals surface area contributed by atoms with Crippen LogP contribution in [0.5, 0.6) is 0 Å². The molecule has 0 spiro atoms. The zero-order valence-corrected chi connectivity index (χ0v) is 19.6. The molecule has 0 amide bonds. The van der Waals surface area contributed by atoms with Crippen molar-refractivity contribution in [1.82, 2.24) is 9.55 Å². The number of aliphatic hydroxyl groups excluding tert-OH is 1. The maximum Gasteiger partial charge on any atom is 0.490 e. The summed E-state index contributed by atoms with van der Waals surface area (Å²) in [6, 6.07) is 2.94. The molecule has 1 aliphatic rings. The van der Waals surface area contributed by atoms with Gasteiger partial charge in [0, 0.05) is 17.8 Å². The molecule has 2 rings (SSSR count). The molecule has 0 aliphatic carbocycles.